The monoisotopic (exact) mass is 414 g/mol. The number of halogens is 1. The molecule has 0 saturated carbocycles. The zero-order chi connectivity index (χ0) is 21.9. The van der Waals surface area contributed by atoms with Crippen molar-refractivity contribution < 1.29 is 23.5 Å². The molecule has 30 heavy (non-hydrogen) atoms. The number of nitrogens with zero attached hydrogens (tertiary/aromatic N) is 1. The van der Waals surface area contributed by atoms with Crippen molar-refractivity contribution in [3.63, 3.8) is 0 Å². The molecular weight excluding hydrogens is 387 g/mol. The van der Waals surface area contributed by atoms with Gasteiger partial charge in [0.25, 0.3) is 0 Å². The number of hydrogen-bond acceptors (Lipinski definition) is 4. The van der Waals surface area contributed by atoms with Crippen LogP contribution in [-0.2, 0) is 16.1 Å². The molecule has 6 nitrogen and oxygen atoms in total. The molecule has 2 N–H and O–H groups in total. The smallest absolute Gasteiger partial charge is 0.411 e. The number of primary amides is 1. The molecule has 2 unspecified atom stereocenters. The Balaban J connectivity index is 1.74. The van der Waals surface area contributed by atoms with Crippen molar-refractivity contribution in [1.82, 2.24) is 4.90 Å². The molecule has 2 amide bonds. The van der Waals surface area contributed by atoms with Crippen molar-refractivity contribution in [2.75, 3.05) is 0 Å². The number of carbonyl (C=O) groups is 2. The van der Waals surface area contributed by atoms with Crippen LogP contribution in [0, 0.1) is 5.82 Å². The van der Waals surface area contributed by atoms with Gasteiger partial charge in [-0.1, -0.05) is 30.3 Å². The van der Waals surface area contributed by atoms with Gasteiger partial charge in [0.1, 0.15) is 29.8 Å². The number of ether oxygens (including phenoxy) is 2. The van der Waals surface area contributed by atoms with Crippen LogP contribution in [0.3, 0.4) is 0 Å². The van der Waals surface area contributed by atoms with E-state index in [2.05, 4.69) is 0 Å². The third-order valence-electron chi connectivity index (χ3n) is 4.93. The Hall–Kier alpha value is -3.09. The van der Waals surface area contributed by atoms with Crippen LogP contribution in [0.4, 0.5) is 9.18 Å². The molecule has 1 saturated heterocycles. The standard InChI is InChI=1S/C23H27FN2O4/c1-23(2,3)30-22(28)26-19(12-13-20(26)21(25)27)15-8-10-17(11-9-15)29-14-16-6-4-5-7-18(16)24/h4-11,19-20H,12-14H2,1-3H3,(H2,25,27). The lowest BCUT2D eigenvalue weighted by molar-refractivity contribution is -0.122. The van der Waals surface area contributed by atoms with Gasteiger partial charge < -0.3 is 15.2 Å². The number of rotatable bonds is 5. The normalized spacial score (nSPS) is 18.9. The zero-order valence-corrected chi connectivity index (χ0v) is 17.4. The summed E-state index contributed by atoms with van der Waals surface area (Å²) in [5, 5.41) is 0. The lowest BCUT2D eigenvalue weighted by Crippen LogP contribution is -2.46. The minimum Gasteiger partial charge on any atom is -0.489 e. The van der Waals surface area contributed by atoms with Crippen LogP contribution in [0.1, 0.15) is 50.8 Å². The van der Waals surface area contributed by atoms with Gasteiger partial charge in [-0.3, -0.25) is 9.69 Å². The SMILES string of the molecule is CC(C)(C)OC(=O)N1C(C(N)=O)CCC1c1ccc(OCc2ccccc2F)cc1. The van der Waals surface area contributed by atoms with Crippen molar-refractivity contribution in [3.05, 3.63) is 65.5 Å². The number of likely N-dealkylation sites (tertiary alicyclic amines) is 1. The summed E-state index contributed by atoms with van der Waals surface area (Å²) in [5.41, 5.74) is 6.16. The zero-order valence-electron chi connectivity index (χ0n) is 17.4. The molecule has 7 heteroatoms. The second kappa shape index (κ2) is 8.73. The summed E-state index contributed by atoms with van der Waals surface area (Å²) in [5.74, 6) is -0.283. The lowest BCUT2D eigenvalue weighted by atomic mass is 10.0. The van der Waals surface area contributed by atoms with E-state index in [1.165, 1.54) is 11.0 Å². The second-order valence-electron chi connectivity index (χ2n) is 8.35. The van der Waals surface area contributed by atoms with E-state index >= 15 is 0 Å². The topological polar surface area (TPSA) is 81.9 Å². The Morgan fingerprint density at radius 3 is 2.37 bits per heavy atom. The number of carbonyl (C=O) groups excluding carboxylic acids is 2. The van der Waals surface area contributed by atoms with Gasteiger partial charge in [-0.15, -0.1) is 0 Å². The lowest BCUT2D eigenvalue weighted by Gasteiger charge is -2.31. The highest BCUT2D eigenvalue weighted by atomic mass is 19.1. The highest BCUT2D eigenvalue weighted by molar-refractivity contribution is 5.85. The average Bonchev–Trinajstić information content (AvgIpc) is 3.12. The van der Waals surface area contributed by atoms with Gasteiger partial charge in [-0.25, -0.2) is 9.18 Å². The molecule has 0 radical (unpaired) electrons. The van der Waals surface area contributed by atoms with E-state index in [-0.39, 0.29) is 18.5 Å². The first-order valence-corrected chi connectivity index (χ1v) is 9.92. The fraction of sp³-hybridized carbons (Fsp3) is 0.391. The Morgan fingerprint density at radius 2 is 1.77 bits per heavy atom. The quantitative estimate of drug-likeness (QED) is 0.790. The Kier molecular flexibility index (Phi) is 6.29. The summed E-state index contributed by atoms with van der Waals surface area (Å²) >= 11 is 0. The Labute approximate surface area is 175 Å². The molecule has 2 aromatic rings. The first-order valence-electron chi connectivity index (χ1n) is 9.92. The largest absolute Gasteiger partial charge is 0.489 e. The summed E-state index contributed by atoms with van der Waals surface area (Å²) in [6, 6.07) is 12.6. The van der Waals surface area contributed by atoms with Crippen LogP contribution in [0.5, 0.6) is 5.75 Å². The summed E-state index contributed by atoms with van der Waals surface area (Å²) < 4.78 is 24.9. The fourth-order valence-corrected chi connectivity index (χ4v) is 3.55. The van der Waals surface area contributed by atoms with Gasteiger partial charge in [0.2, 0.25) is 5.91 Å². The van der Waals surface area contributed by atoms with Crippen LogP contribution in [0.15, 0.2) is 48.5 Å². The van der Waals surface area contributed by atoms with Gasteiger partial charge in [0, 0.05) is 5.56 Å². The molecule has 0 aromatic heterocycles. The summed E-state index contributed by atoms with van der Waals surface area (Å²) in [6.45, 7) is 5.44. The number of hydrogen-bond donors (Lipinski definition) is 1. The van der Waals surface area contributed by atoms with Crippen molar-refractivity contribution in [2.45, 2.75) is 57.9 Å². The summed E-state index contributed by atoms with van der Waals surface area (Å²) in [4.78, 5) is 26.1. The van der Waals surface area contributed by atoms with Gasteiger partial charge >= 0.3 is 6.09 Å². The second-order valence-corrected chi connectivity index (χ2v) is 8.35. The number of benzene rings is 2. The molecular formula is C23H27FN2O4. The van der Waals surface area contributed by atoms with E-state index < -0.39 is 23.6 Å². The summed E-state index contributed by atoms with van der Waals surface area (Å²) in [7, 11) is 0. The van der Waals surface area contributed by atoms with Crippen molar-refractivity contribution in [2.24, 2.45) is 5.73 Å². The highest BCUT2D eigenvalue weighted by Gasteiger charge is 2.42. The van der Waals surface area contributed by atoms with Crippen LogP contribution in [-0.4, -0.2) is 28.5 Å². The average molecular weight is 414 g/mol. The summed E-state index contributed by atoms with van der Waals surface area (Å²) in [6.07, 6.45) is 0.515. The van der Waals surface area contributed by atoms with E-state index in [0.717, 1.165) is 5.56 Å². The van der Waals surface area contributed by atoms with Crippen molar-refractivity contribution in [3.8, 4) is 5.75 Å². The highest BCUT2D eigenvalue weighted by Crippen LogP contribution is 2.37. The molecule has 1 fully saturated rings. The van der Waals surface area contributed by atoms with Gasteiger partial charge in [-0.05, 0) is 57.4 Å². The van der Waals surface area contributed by atoms with Crippen molar-refractivity contribution in [1.29, 1.82) is 0 Å². The predicted octanol–water partition coefficient (Wildman–Crippen LogP) is 4.33. The fourth-order valence-electron chi connectivity index (χ4n) is 3.55. The Bertz CT molecular complexity index is 908. The maximum Gasteiger partial charge on any atom is 0.411 e. The first-order chi connectivity index (χ1) is 14.2. The molecule has 0 bridgehead atoms. The molecule has 0 spiro atoms. The molecule has 3 rings (SSSR count). The van der Waals surface area contributed by atoms with Gasteiger partial charge in [-0.2, -0.15) is 0 Å². The third kappa shape index (κ3) is 5.09. The molecule has 2 aromatic carbocycles. The first kappa shape index (κ1) is 21.6. The van der Waals surface area contributed by atoms with E-state index in [1.54, 1.807) is 51.1 Å². The van der Waals surface area contributed by atoms with E-state index in [9.17, 15) is 14.0 Å². The molecule has 0 aliphatic carbocycles. The van der Waals surface area contributed by atoms with E-state index in [0.29, 0.717) is 24.2 Å². The van der Waals surface area contributed by atoms with Gasteiger partial charge in [0.05, 0.1) is 6.04 Å². The van der Waals surface area contributed by atoms with E-state index in [1.807, 2.05) is 12.1 Å². The van der Waals surface area contributed by atoms with Crippen molar-refractivity contribution >= 4 is 12.0 Å². The predicted molar refractivity (Wildman–Crippen MR) is 110 cm³/mol. The molecule has 1 aliphatic heterocycles. The molecule has 1 heterocycles. The molecule has 1 aliphatic rings. The minimum atomic E-state index is -0.707. The molecule has 160 valence electrons. The van der Waals surface area contributed by atoms with Gasteiger partial charge in [0.15, 0.2) is 0 Å². The third-order valence-corrected chi connectivity index (χ3v) is 4.93. The Morgan fingerprint density at radius 1 is 1.10 bits per heavy atom. The van der Waals surface area contributed by atoms with E-state index in [4.69, 9.17) is 15.2 Å². The van der Waals surface area contributed by atoms with Crippen LogP contribution in [0.25, 0.3) is 0 Å². The maximum atomic E-state index is 13.7. The maximum absolute atomic E-state index is 13.7. The number of nitrogens with two attached hydrogens (primary N) is 1. The van der Waals surface area contributed by atoms with Crippen LogP contribution in [0.2, 0.25) is 0 Å². The van der Waals surface area contributed by atoms with Crippen LogP contribution < -0.4 is 10.5 Å². The minimum absolute atomic E-state index is 0.114. The molecule has 2 atom stereocenters. The number of amides is 2. The van der Waals surface area contributed by atoms with Crippen LogP contribution >= 0.6 is 0 Å².